The van der Waals surface area contributed by atoms with Crippen LogP contribution in [0.25, 0.3) is 0 Å². The average molecular weight is 521 g/mol. The van der Waals surface area contributed by atoms with Gasteiger partial charge in [0.05, 0.1) is 38.3 Å². The molecule has 0 amide bonds. The van der Waals surface area contributed by atoms with Gasteiger partial charge in [0.25, 0.3) is 5.79 Å². The van der Waals surface area contributed by atoms with E-state index >= 15 is 0 Å². The van der Waals surface area contributed by atoms with Gasteiger partial charge in [-0.2, -0.15) is 0 Å². The quantitative estimate of drug-likeness (QED) is 0.178. The Morgan fingerprint density at radius 2 is 1.27 bits per heavy atom. The second kappa shape index (κ2) is 14.3. The zero-order chi connectivity index (χ0) is 27.4. The van der Waals surface area contributed by atoms with E-state index < -0.39 is 48.6 Å². The van der Waals surface area contributed by atoms with Crippen LogP contribution in [0.4, 0.5) is 0 Å². The number of carbonyl (C=O) groups is 3. The number of aliphatic carboxylic acids is 2. The third-order valence-corrected chi connectivity index (χ3v) is 5.25. The lowest BCUT2D eigenvalue weighted by Gasteiger charge is -2.33. The SMILES string of the molecule is CC(COc1cccc(C(=O)C(OCCO)(OCCO)c2cccc(OCC(C)C(=O)O)c2)c1)C(=O)O. The average Bonchev–Trinajstić information content (AvgIpc) is 2.90. The summed E-state index contributed by atoms with van der Waals surface area (Å²) in [7, 11) is 0. The number of ketones is 1. The summed E-state index contributed by atoms with van der Waals surface area (Å²) in [6.07, 6.45) is 0. The van der Waals surface area contributed by atoms with E-state index in [2.05, 4.69) is 0 Å². The first-order valence-corrected chi connectivity index (χ1v) is 11.6. The van der Waals surface area contributed by atoms with E-state index in [4.69, 9.17) is 29.2 Å². The summed E-state index contributed by atoms with van der Waals surface area (Å²) in [5.41, 5.74) is 0.285. The van der Waals surface area contributed by atoms with Crippen molar-refractivity contribution in [3.63, 3.8) is 0 Å². The molecule has 2 unspecified atom stereocenters. The van der Waals surface area contributed by atoms with Gasteiger partial charge in [-0.3, -0.25) is 14.4 Å². The maximum Gasteiger partial charge on any atom is 0.309 e. The summed E-state index contributed by atoms with van der Waals surface area (Å²) in [5.74, 6) is -5.89. The normalized spacial score (nSPS) is 13.0. The molecule has 0 aromatic heterocycles. The molecule has 2 aromatic carbocycles. The number of Topliss-reactive ketones (excluding diaryl/α,β-unsaturated/α-hetero) is 1. The molecule has 0 spiro atoms. The van der Waals surface area contributed by atoms with Crippen LogP contribution in [0, 0.1) is 11.8 Å². The van der Waals surface area contributed by atoms with Crippen molar-refractivity contribution >= 4 is 17.7 Å². The van der Waals surface area contributed by atoms with Crippen molar-refractivity contribution in [2.75, 3.05) is 39.6 Å². The largest absolute Gasteiger partial charge is 0.493 e. The molecule has 0 heterocycles. The highest BCUT2D eigenvalue weighted by Crippen LogP contribution is 2.34. The van der Waals surface area contributed by atoms with Crippen LogP contribution in [0.2, 0.25) is 0 Å². The predicted octanol–water partition coefficient (Wildman–Crippen LogP) is 1.94. The van der Waals surface area contributed by atoms with Gasteiger partial charge in [-0.05, 0) is 38.1 Å². The lowest BCUT2D eigenvalue weighted by atomic mass is 9.95. The fourth-order valence-electron chi connectivity index (χ4n) is 3.14. The van der Waals surface area contributed by atoms with Crippen LogP contribution in [-0.4, -0.2) is 77.8 Å². The van der Waals surface area contributed by atoms with Crippen molar-refractivity contribution in [1.29, 1.82) is 0 Å². The number of hydrogen-bond donors (Lipinski definition) is 4. The molecule has 2 aromatic rings. The molecule has 0 bridgehead atoms. The Bertz CT molecular complexity index is 1040. The molecule has 0 saturated heterocycles. The van der Waals surface area contributed by atoms with Crippen molar-refractivity contribution < 1.29 is 53.8 Å². The first-order chi connectivity index (χ1) is 17.6. The summed E-state index contributed by atoms with van der Waals surface area (Å²) >= 11 is 0. The van der Waals surface area contributed by atoms with Crippen LogP contribution >= 0.6 is 0 Å². The molecule has 11 nitrogen and oxygen atoms in total. The molecular formula is C26H32O11. The molecule has 0 radical (unpaired) electrons. The Kier molecular flexibility index (Phi) is 11.5. The Labute approximate surface area is 214 Å². The van der Waals surface area contributed by atoms with Crippen molar-refractivity contribution in [3.8, 4) is 11.5 Å². The molecular weight excluding hydrogens is 488 g/mol. The number of ether oxygens (including phenoxy) is 4. The van der Waals surface area contributed by atoms with Crippen molar-refractivity contribution in [2.24, 2.45) is 11.8 Å². The smallest absolute Gasteiger partial charge is 0.309 e. The third kappa shape index (κ3) is 8.25. The highest BCUT2D eigenvalue weighted by atomic mass is 16.7. The molecule has 2 rings (SSSR count). The second-order valence-electron chi connectivity index (χ2n) is 8.25. The fraction of sp³-hybridized carbons (Fsp3) is 0.423. The van der Waals surface area contributed by atoms with Crippen LogP contribution in [0.1, 0.15) is 29.8 Å². The number of rotatable bonds is 17. The van der Waals surface area contributed by atoms with E-state index in [0.29, 0.717) is 0 Å². The molecule has 0 fully saturated rings. The minimum Gasteiger partial charge on any atom is -0.493 e. The van der Waals surface area contributed by atoms with Crippen LogP contribution in [0.3, 0.4) is 0 Å². The van der Waals surface area contributed by atoms with Crippen LogP contribution < -0.4 is 9.47 Å². The van der Waals surface area contributed by atoms with Gasteiger partial charge in [-0.1, -0.05) is 24.3 Å². The summed E-state index contributed by atoms with van der Waals surface area (Å²) in [5, 5.41) is 37.0. The van der Waals surface area contributed by atoms with E-state index in [-0.39, 0.29) is 49.1 Å². The van der Waals surface area contributed by atoms with E-state index in [0.717, 1.165) is 0 Å². The van der Waals surface area contributed by atoms with Crippen LogP contribution in [0.15, 0.2) is 48.5 Å². The Balaban J connectivity index is 2.46. The fourth-order valence-corrected chi connectivity index (χ4v) is 3.14. The lowest BCUT2D eigenvalue weighted by Crippen LogP contribution is -2.43. The first kappa shape index (κ1) is 29.7. The molecule has 0 saturated carbocycles. The molecule has 11 heteroatoms. The van der Waals surface area contributed by atoms with Gasteiger partial charge < -0.3 is 39.4 Å². The van der Waals surface area contributed by atoms with Gasteiger partial charge in [0.2, 0.25) is 5.78 Å². The predicted molar refractivity (Wildman–Crippen MR) is 130 cm³/mol. The third-order valence-electron chi connectivity index (χ3n) is 5.25. The van der Waals surface area contributed by atoms with Gasteiger partial charge in [-0.15, -0.1) is 0 Å². The molecule has 4 N–H and O–H groups in total. The van der Waals surface area contributed by atoms with E-state index in [1.807, 2.05) is 0 Å². The lowest BCUT2D eigenvalue weighted by molar-refractivity contribution is -0.216. The van der Waals surface area contributed by atoms with Gasteiger partial charge in [0.15, 0.2) is 0 Å². The maximum atomic E-state index is 13.9. The minimum atomic E-state index is -2.10. The number of carboxylic acids is 2. The van der Waals surface area contributed by atoms with Crippen molar-refractivity contribution in [3.05, 3.63) is 59.7 Å². The summed E-state index contributed by atoms with van der Waals surface area (Å²) < 4.78 is 22.7. The van der Waals surface area contributed by atoms with Crippen LogP contribution in [-0.2, 0) is 24.8 Å². The Morgan fingerprint density at radius 3 is 1.76 bits per heavy atom. The second-order valence-corrected chi connectivity index (χ2v) is 8.25. The summed E-state index contributed by atoms with van der Waals surface area (Å²) in [6.45, 7) is 1.30. The summed E-state index contributed by atoms with van der Waals surface area (Å²) in [6, 6.07) is 12.1. The number of carboxylic acid groups (broad SMARTS) is 2. The number of hydrogen-bond acceptors (Lipinski definition) is 9. The van der Waals surface area contributed by atoms with Gasteiger partial charge >= 0.3 is 11.9 Å². The van der Waals surface area contributed by atoms with Gasteiger partial charge in [0, 0.05) is 11.1 Å². The number of benzene rings is 2. The highest BCUT2D eigenvalue weighted by molar-refractivity contribution is 6.02. The number of aliphatic hydroxyl groups excluding tert-OH is 2. The summed E-state index contributed by atoms with van der Waals surface area (Å²) in [4.78, 5) is 36.1. The zero-order valence-corrected chi connectivity index (χ0v) is 20.7. The standard InChI is InChI=1S/C26H32O11/c1-17(24(30)31)15-34-21-7-3-5-19(13-21)23(29)26(36-11-9-27,37-12-10-28)20-6-4-8-22(14-20)35-16-18(2)25(32)33/h3-8,13-14,17-18,27-28H,9-12,15-16H2,1-2H3,(H,30,31)(H,32,33). The molecule has 0 aliphatic heterocycles. The van der Waals surface area contributed by atoms with Crippen LogP contribution in [0.5, 0.6) is 11.5 Å². The highest BCUT2D eigenvalue weighted by Gasteiger charge is 2.44. The Hall–Kier alpha value is -3.51. The topological polar surface area (TPSA) is 169 Å². The molecule has 0 aliphatic carbocycles. The number of aliphatic hydroxyl groups is 2. The van der Waals surface area contributed by atoms with Crippen molar-refractivity contribution in [1.82, 2.24) is 0 Å². The molecule has 202 valence electrons. The van der Waals surface area contributed by atoms with Gasteiger partial charge in [0.1, 0.15) is 24.7 Å². The minimum absolute atomic E-state index is 0.0992. The monoisotopic (exact) mass is 520 g/mol. The van der Waals surface area contributed by atoms with Gasteiger partial charge in [-0.25, -0.2) is 0 Å². The zero-order valence-electron chi connectivity index (χ0n) is 20.7. The van der Waals surface area contributed by atoms with E-state index in [1.165, 1.54) is 38.1 Å². The Morgan fingerprint density at radius 1 is 0.784 bits per heavy atom. The van der Waals surface area contributed by atoms with E-state index in [1.54, 1.807) is 24.3 Å². The van der Waals surface area contributed by atoms with E-state index in [9.17, 15) is 24.6 Å². The maximum absolute atomic E-state index is 13.9. The molecule has 37 heavy (non-hydrogen) atoms. The molecule has 2 atom stereocenters. The molecule has 0 aliphatic rings. The van der Waals surface area contributed by atoms with Crippen molar-refractivity contribution in [2.45, 2.75) is 19.6 Å². The number of carbonyl (C=O) groups excluding carboxylic acids is 1. The first-order valence-electron chi connectivity index (χ1n) is 11.6.